The summed E-state index contributed by atoms with van der Waals surface area (Å²) in [6, 6.07) is 18.6. The van der Waals surface area contributed by atoms with E-state index in [1.165, 1.54) is 6.92 Å². The van der Waals surface area contributed by atoms with Crippen LogP contribution in [0.3, 0.4) is 0 Å². The molecule has 25 heavy (non-hydrogen) atoms. The molecule has 2 amide bonds. The van der Waals surface area contributed by atoms with E-state index in [4.69, 9.17) is 0 Å². The minimum absolute atomic E-state index is 0.127. The first-order valence-corrected chi connectivity index (χ1v) is 8.35. The highest BCUT2D eigenvalue weighted by molar-refractivity contribution is 5.79. The largest absolute Gasteiger partial charge is 0.391 e. The van der Waals surface area contributed by atoms with E-state index >= 15 is 0 Å². The molecule has 5 heteroatoms. The Morgan fingerprint density at radius 2 is 1.60 bits per heavy atom. The summed E-state index contributed by atoms with van der Waals surface area (Å²) in [7, 11) is 0. The van der Waals surface area contributed by atoms with Crippen LogP contribution in [0.5, 0.6) is 0 Å². The van der Waals surface area contributed by atoms with Gasteiger partial charge in [0.05, 0.1) is 18.6 Å². The maximum Gasteiger partial charge on any atom is 0.222 e. The predicted octanol–water partition coefficient (Wildman–Crippen LogP) is 1.97. The highest BCUT2D eigenvalue weighted by Crippen LogP contribution is 2.16. The summed E-state index contributed by atoms with van der Waals surface area (Å²) in [6.07, 6.45) is -0.0429. The second kappa shape index (κ2) is 9.59. The Balaban J connectivity index is 1.85. The minimum Gasteiger partial charge on any atom is -0.391 e. The van der Waals surface area contributed by atoms with Gasteiger partial charge < -0.3 is 15.7 Å². The first kappa shape index (κ1) is 18.7. The van der Waals surface area contributed by atoms with E-state index in [9.17, 15) is 14.7 Å². The molecule has 2 atom stereocenters. The molecule has 0 fully saturated rings. The normalized spacial score (nSPS) is 12.9. The van der Waals surface area contributed by atoms with Crippen LogP contribution in [0.2, 0.25) is 0 Å². The van der Waals surface area contributed by atoms with E-state index < -0.39 is 6.10 Å². The summed E-state index contributed by atoms with van der Waals surface area (Å²) in [5.41, 5.74) is 1.89. The fraction of sp³-hybridized carbons (Fsp3) is 0.300. The number of rotatable bonds is 8. The van der Waals surface area contributed by atoms with E-state index in [0.717, 1.165) is 11.1 Å². The van der Waals surface area contributed by atoms with Gasteiger partial charge in [0.15, 0.2) is 0 Å². The van der Waals surface area contributed by atoms with Crippen molar-refractivity contribution in [2.75, 3.05) is 6.54 Å². The number of aliphatic hydroxyl groups excluding tert-OH is 1. The van der Waals surface area contributed by atoms with Crippen molar-refractivity contribution < 1.29 is 14.7 Å². The first-order chi connectivity index (χ1) is 12.0. The zero-order valence-corrected chi connectivity index (χ0v) is 14.3. The molecule has 2 rings (SSSR count). The van der Waals surface area contributed by atoms with Gasteiger partial charge in [0, 0.05) is 19.9 Å². The Kier molecular flexibility index (Phi) is 7.16. The number of nitrogens with one attached hydrogen (secondary N) is 2. The fourth-order valence-corrected chi connectivity index (χ4v) is 2.63. The molecule has 3 N–H and O–H groups in total. The van der Waals surface area contributed by atoms with Gasteiger partial charge in [-0.25, -0.2) is 0 Å². The molecule has 0 aliphatic heterocycles. The van der Waals surface area contributed by atoms with Crippen molar-refractivity contribution in [3.63, 3.8) is 0 Å². The van der Waals surface area contributed by atoms with Gasteiger partial charge in [0.1, 0.15) is 0 Å². The average Bonchev–Trinajstić information content (AvgIpc) is 2.61. The van der Waals surface area contributed by atoms with Gasteiger partial charge in [-0.15, -0.1) is 0 Å². The predicted molar refractivity (Wildman–Crippen MR) is 96.8 cm³/mol. The smallest absolute Gasteiger partial charge is 0.222 e. The number of hydrogen-bond donors (Lipinski definition) is 3. The molecule has 2 aromatic carbocycles. The molecule has 0 saturated carbocycles. The zero-order chi connectivity index (χ0) is 18.1. The molecular formula is C20H24N2O3. The summed E-state index contributed by atoms with van der Waals surface area (Å²) >= 11 is 0. The second-order valence-electron chi connectivity index (χ2n) is 6.02. The summed E-state index contributed by atoms with van der Waals surface area (Å²) < 4.78 is 0. The Morgan fingerprint density at radius 1 is 1.00 bits per heavy atom. The Bertz CT molecular complexity index is 674. The molecule has 0 aliphatic rings. The first-order valence-electron chi connectivity index (χ1n) is 8.35. The molecule has 2 aromatic rings. The molecule has 0 aromatic heterocycles. The molecule has 132 valence electrons. The average molecular weight is 340 g/mol. The highest BCUT2D eigenvalue weighted by Gasteiger charge is 2.17. The quantitative estimate of drug-likeness (QED) is 0.687. The summed E-state index contributed by atoms with van der Waals surface area (Å²) in [4.78, 5) is 23.6. The van der Waals surface area contributed by atoms with Crippen molar-refractivity contribution in [2.24, 2.45) is 0 Å². The Morgan fingerprint density at radius 3 is 2.20 bits per heavy atom. The molecular weight excluding hydrogens is 316 g/mol. The zero-order valence-electron chi connectivity index (χ0n) is 14.3. The van der Waals surface area contributed by atoms with Crippen molar-refractivity contribution in [3.8, 4) is 0 Å². The van der Waals surface area contributed by atoms with Crippen LogP contribution in [0.1, 0.15) is 30.5 Å². The number of amides is 2. The lowest BCUT2D eigenvalue weighted by Gasteiger charge is -2.19. The molecule has 0 spiro atoms. The molecule has 0 radical (unpaired) electrons. The van der Waals surface area contributed by atoms with Crippen LogP contribution in [-0.2, 0) is 16.0 Å². The SMILES string of the molecule is CC(=O)NC(CC(=O)NCC(O)Cc1ccccc1)c1ccccc1. The van der Waals surface area contributed by atoms with Gasteiger partial charge in [-0.3, -0.25) is 9.59 Å². The number of benzene rings is 2. The van der Waals surface area contributed by atoms with Crippen molar-refractivity contribution in [2.45, 2.75) is 31.9 Å². The van der Waals surface area contributed by atoms with Crippen LogP contribution in [0, 0.1) is 0 Å². The van der Waals surface area contributed by atoms with Crippen molar-refractivity contribution >= 4 is 11.8 Å². The van der Waals surface area contributed by atoms with Crippen LogP contribution < -0.4 is 10.6 Å². The molecule has 0 aliphatic carbocycles. The van der Waals surface area contributed by atoms with Crippen molar-refractivity contribution in [3.05, 3.63) is 71.8 Å². The van der Waals surface area contributed by atoms with Gasteiger partial charge in [-0.1, -0.05) is 60.7 Å². The number of carbonyl (C=O) groups excluding carboxylic acids is 2. The van der Waals surface area contributed by atoms with Crippen LogP contribution in [-0.4, -0.2) is 29.6 Å². The van der Waals surface area contributed by atoms with E-state index in [-0.39, 0.29) is 30.8 Å². The third kappa shape index (κ3) is 6.77. The van der Waals surface area contributed by atoms with Crippen LogP contribution in [0.15, 0.2) is 60.7 Å². The lowest BCUT2D eigenvalue weighted by molar-refractivity contribution is -0.123. The van der Waals surface area contributed by atoms with Crippen molar-refractivity contribution in [1.82, 2.24) is 10.6 Å². The molecule has 0 heterocycles. The maximum atomic E-state index is 12.2. The maximum absolute atomic E-state index is 12.2. The van der Waals surface area contributed by atoms with Crippen molar-refractivity contribution in [1.29, 1.82) is 0 Å². The third-order valence-electron chi connectivity index (χ3n) is 3.82. The monoisotopic (exact) mass is 340 g/mol. The molecule has 0 saturated heterocycles. The second-order valence-corrected chi connectivity index (χ2v) is 6.02. The molecule has 2 unspecified atom stereocenters. The number of hydrogen-bond acceptors (Lipinski definition) is 3. The van der Waals surface area contributed by atoms with Crippen LogP contribution >= 0.6 is 0 Å². The highest BCUT2D eigenvalue weighted by atomic mass is 16.3. The van der Waals surface area contributed by atoms with Gasteiger partial charge >= 0.3 is 0 Å². The molecule has 5 nitrogen and oxygen atoms in total. The van der Waals surface area contributed by atoms with E-state index in [2.05, 4.69) is 10.6 Å². The summed E-state index contributed by atoms with van der Waals surface area (Å²) in [5, 5.41) is 15.6. The lowest BCUT2D eigenvalue weighted by atomic mass is 10.0. The fourth-order valence-electron chi connectivity index (χ4n) is 2.63. The minimum atomic E-state index is -0.651. The molecule has 0 bridgehead atoms. The summed E-state index contributed by atoms with van der Waals surface area (Å²) in [6.45, 7) is 1.60. The van der Waals surface area contributed by atoms with Gasteiger partial charge in [-0.05, 0) is 11.1 Å². The van der Waals surface area contributed by atoms with E-state index in [1.54, 1.807) is 0 Å². The lowest BCUT2D eigenvalue weighted by Crippen LogP contribution is -2.36. The van der Waals surface area contributed by atoms with Gasteiger partial charge in [-0.2, -0.15) is 0 Å². The van der Waals surface area contributed by atoms with Gasteiger partial charge in [0.2, 0.25) is 11.8 Å². The number of carbonyl (C=O) groups is 2. The number of aliphatic hydroxyl groups is 1. The van der Waals surface area contributed by atoms with E-state index in [1.807, 2.05) is 60.7 Å². The van der Waals surface area contributed by atoms with E-state index in [0.29, 0.717) is 6.42 Å². The topological polar surface area (TPSA) is 78.4 Å². The van der Waals surface area contributed by atoms with Gasteiger partial charge in [0.25, 0.3) is 0 Å². The Hall–Kier alpha value is -2.66. The third-order valence-corrected chi connectivity index (χ3v) is 3.82. The van der Waals surface area contributed by atoms with Crippen LogP contribution in [0.25, 0.3) is 0 Å². The summed E-state index contributed by atoms with van der Waals surface area (Å²) in [5.74, 6) is -0.402. The van der Waals surface area contributed by atoms with Crippen LogP contribution in [0.4, 0.5) is 0 Å². The standard InChI is InChI=1S/C20H24N2O3/c1-15(23)22-19(17-10-6-3-7-11-17)13-20(25)21-14-18(24)12-16-8-4-2-5-9-16/h2-11,18-19,24H,12-14H2,1H3,(H,21,25)(H,22,23). The Labute approximate surface area is 148 Å².